The van der Waals surface area contributed by atoms with Gasteiger partial charge in [-0.05, 0) is 12.1 Å². The van der Waals surface area contributed by atoms with E-state index in [2.05, 4.69) is 5.32 Å². The molecule has 0 radical (unpaired) electrons. The van der Waals surface area contributed by atoms with Crippen LogP contribution in [0.2, 0.25) is 0 Å². The van der Waals surface area contributed by atoms with Gasteiger partial charge >= 0.3 is 0 Å². The van der Waals surface area contributed by atoms with Crippen molar-refractivity contribution in [1.29, 1.82) is 0 Å². The van der Waals surface area contributed by atoms with Crippen LogP contribution in [-0.4, -0.2) is 17.9 Å². The highest BCUT2D eigenvalue weighted by atomic mass is 16.5. The topological polar surface area (TPSA) is 81.4 Å². The Hall–Kier alpha value is -2.04. The lowest BCUT2D eigenvalue weighted by Crippen LogP contribution is -2.46. The Bertz CT molecular complexity index is 431. The number of nitrogens with one attached hydrogen (secondary N) is 1. The first-order valence-electron chi connectivity index (χ1n) is 5.01. The Kier molecular flexibility index (Phi) is 2.76. The molecule has 5 nitrogen and oxygen atoms in total. The summed E-state index contributed by atoms with van der Waals surface area (Å²) in [5.74, 6) is -0.106. The summed E-state index contributed by atoms with van der Waals surface area (Å²) >= 11 is 0. The molecule has 1 saturated heterocycles. The Morgan fingerprint density at radius 1 is 1.38 bits per heavy atom. The maximum absolute atomic E-state index is 11.4. The zero-order valence-corrected chi connectivity index (χ0v) is 8.60. The number of carbonyl (C=O) groups excluding carboxylic acids is 2. The van der Waals surface area contributed by atoms with E-state index in [0.717, 1.165) is 0 Å². The van der Waals surface area contributed by atoms with E-state index >= 15 is 0 Å². The van der Waals surface area contributed by atoms with Crippen molar-refractivity contribution in [2.45, 2.75) is 18.9 Å². The normalized spacial score (nSPS) is 20.4. The van der Waals surface area contributed by atoms with Gasteiger partial charge in [0.1, 0.15) is 5.75 Å². The molecule has 1 unspecified atom stereocenters. The Morgan fingerprint density at radius 3 is 2.88 bits per heavy atom. The van der Waals surface area contributed by atoms with Crippen molar-refractivity contribution >= 4 is 17.5 Å². The molecule has 84 valence electrons. The molecule has 2 rings (SSSR count). The van der Waals surface area contributed by atoms with Gasteiger partial charge < -0.3 is 10.5 Å². The fourth-order valence-electron chi connectivity index (χ4n) is 1.54. The molecule has 1 aliphatic rings. The van der Waals surface area contributed by atoms with Crippen LogP contribution in [-0.2, 0) is 9.59 Å². The van der Waals surface area contributed by atoms with Crippen LogP contribution in [0.3, 0.4) is 0 Å². The highest BCUT2D eigenvalue weighted by Gasteiger charge is 2.28. The van der Waals surface area contributed by atoms with Crippen LogP contribution in [0.25, 0.3) is 0 Å². The number of ether oxygens (including phenoxy) is 1. The highest BCUT2D eigenvalue weighted by molar-refractivity contribution is 5.99. The van der Waals surface area contributed by atoms with Gasteiger partial charge in [0.15, 0.2) is 6.10 Å². The number of amides is 2. The van der Waals surface area contributed by atoms with Gasteiger partial charge in [-0.2, -0.15) is 0 Å². The smallest absolute Gasteiger partial charge is 0.267 e. The van der Waals surface area contributed by atoms with Gasteiger partial charge in [-0.15, -0.1) is 0 Å². The number of nitrogens with two attached hydrogens (primary N) is 1. The minimum Gasteiger partial charge on any atom is -0.481 e. The summed E-state index contributed by atoms with van der Waals surface area (Å²) in [7, 11) is 0. The average molecular weight is 220 g/mol. The van der Waals surface area contributed by atoms with Crippen molar-refractivity contribution in [2.24, 2.45) is 0 Å². The van der Waals surface area contributed by atoms with Crippen LogP contribution in [0.4, 0.5) is 5.69 Å². The van der Waals surface area contributed by atoms with Gasteiger partial charge in [0.25, 0.3) is 5.91 Å². The highest BCUT2D eigenvalue weighted by Crippen LogP contribution is 2.18. The molecule has 3 N–H and O–H groups in total. The molecule has 1 aromatic rings. The zero-order valence-electron chi connectivity index (χ0n) is 8.60. The summed E-state index contributed by atoms with van der Waals surface area (Å²) < 4.78 is 5.45. The van der Waals surface area contributed by atoms with E-state index in [1.54, 1.807) is 24.3 Å². The summed E-state index contributed by atoms with van der Waals surface area (Å²) in [6.07, 6.45) is 0.0950. The number of rotatable bonds is 2. The second-order valence-corrected chi connectivity index (χ2v) is 3.63. The summed E-state index contributed by atoms with van der Waals surface area (Å²) in [6.45, 7) is 0. The predicted molar refractivity (Wildman–Crippen MR) is 57.7 cm³/mol. The van der Waals surface area contributed by atoms with Crippen molar-refractivity contribution in [3.05, 3.63) is 24.3 Å². The van der Waals surface area contributed by atoms with Gasteiger partial charge in [0.05, 0.1) is 0 Å². The quantitative estimate of drug-likeness (QED) is 0.560. The molecule has 0 saturated carbocycles. The fraction of sp³-hybridized carbons (Fsp3) is 0.273. The molecule has 1 aromatic carbocycles. The van der Waals surface area contributed by atoms with Crippen LogP contribution in [0.5, 0.6) is 5.75 Å². The number of benzene rings is 1. The molecule has 0 aliphatic carbocycles. The summed E-state index contributed by atoms with van der Waals surface area (Å²) in [6, 6.07) is 6.84. The largest absolute Gasteiger partial charge is 0.481 e. The average Bonchev–Trinajstić information content (AvgIpc) is 2.22. The fourth-order valence-corrected chi connectivity index (χ4v) is 1.54. The predicted octanol–water partition coefficient (Wildman–Crippen LogP) is 0.453. The van der Waals surface area contributed by atoms with Crippen molar-refractivity contribution in [3.63, 3.8) is 0 Å². The molecule has 2 amide bonds. The number of piperidine rings is 1. The van der Waals surface area contributed by atoms with Crippen LogP contribution < -0.4 is 15.8 Å². The van der Waals surface area contributed by atoms with Crippen molar-refractivity contribution in [3.8, 4) is 5.75 Å². The van der Waals surface area contributed by atoms with E-state index in [-0.39, 0.29) is 5.91 Å². The molecule has 16 heavy (non-hydrogen) atoms. The maximum atomic E-state index is 11.4. The molecule has 1 fully saturated rings. The van der Waals surface area contributed by atoms with Crippen molar-refractivity contribution in [1.82, 2.24) is 5.32 Å². The lowest BCUT2D eigenvalue weighted by Gasteiger charge is -2.21. The summed E-state index contributed by atoms with van der Waals surface area (Å²) in [5.41, 5.74) is 6.16. The van der Waals surface area contributed by atoms with E-state index < -0.39 is 12.0 Å². The third-order valence-corrected chi connectivity index (χ3v) is 2.33. The second kappa shape index (κ2) is 4.22. The van der Waals surface area contributed by atoms with E-state index in [9.17, 15) is 9.59 Å². The standard InChI is InChI=1S/C11H12N2O3/c12-7-2-1-3-8(6-7)16-9-4-5-10(14)13-11(9)15/h1-3,6,9H,4-5,12H2,(H,13,14,15). The number of nitrogen functional groups attached to an aromatic ring is 1. The summed E-state index contributed by atoms with van der Waals surface area (Å²) in [5, 5.41) is 2.23. The van der Waals surface area contributed by atoms with Gasteiger partial charge in [0, 0.05) is 24.6 Å². The van der Waals surface area contributed by atoms with Gasteiger partial charge in [0.2, 0.25) is 5.91 Å². The van der Waals surface area contributed by atoms with E-state index in [1.807, 2.05) is 0 Å². The molecule has 1 aliphatic heterocycles. The van der Waals surface area contributed by atoms with Crippen LogP contribution in [0.1, 0.15) is 12.8 Å². The first-order chi connectivity index (χ1) is 7.65. The number of hydrogen-bond acceptors (Lipinski definition) is 4. The number of anilines is 1. The Labute approximate surface area is 92.6 Å². The van der Waals surface area contributed by atoms with Gasteiger partial charge in [-0.1, -0.05) is 6.07 Å². The molecule has 1 heterocycles. The third kappa shape index (κ3) is 2.31. The minimum absolute atomic E-state index is 0.252. The van der Waals surface area contributed by atoms with Gasteiger partial charge in [-0.3, -0.25) is 14.9 Å². The monoisotopic (exact) mass is 220 g/mol. The van der Waals surface area contributed by atoms with Crippen LogP contribution in [0, 0.1) is 0 Å². The molecular formula is C11H12N2O3. The molecule has 0 spiro atoms. The first-order valence-corrected chi connectivity index (χ1v) is 5.01. The van der Waals surface area contributed by atoms with Crippen molar-refractivity contribution in [2.75, 3.05) is 5.73 Å². The number of imide groups is 1. The Balaban J connectivity index is 2.05. The Morgan fingerprint density at radius 2 is 2.19 bits per heavy atom. The zero-order chi connectivity index (χ0) is 11.5. The molecule has 1 atom stereocenters. The molecular weight excluding hydrogens is 208 g/mol. The van der Waals surface area contributed by atoms with E-state index in [4.69, 9.17) is 10.5 Å². The van der Waals surface area contributed by atoms with Crippen LogP contribution in [0.15, 0.2) is 24.3 Å². The lowest BCUT2D eigenvalue weighted by molar-refractivity contribution is -0.138. The van der Waals surface area contributed by atoms with Crippen LogP contribution >= 0.6 is 0 Å². The molecule has 0 bridgehead atoms. The summed E-state index contributed by atoms with van der Waals surface area (Å²) in [4.78, 5) is 22.3. The SMILES string of the molecule is Nc1cccc(OC2CCC(=O)NC2=O)c1. The van der Waals surface area contributed by atoms with E-state index in [0.29, 0.717) is 24.3 Å². The van der Waals surface area contributed by atoms with Crippen molar-refractivity contribution < 1.29 is 14.3 Å². The molecule has 0 aromatic heterocycles. The lowest BCUT2D eigenvalue weighted by atomic mass is 10.1. The number of carbonyl (C=O) groups is 2. The van der Waals surface area contributed by atoms with E-state index in [1.165, 1.54) is 0 Å². The molecule has 5 heteroatoms. The minimum atomic E-state index is -0.612. The first kappa shape index (κ1) is 10.5. The second-order valence-electron chi connectivity index (χ2n) is 3.63. The van der Waals surface area contributed by atoms with Gasteiger partial charge in [-0.25, -0.2) is 0 Å². The maximum Gasteiger partial charge on any atom is 0.267 e. The number of hydrogen-bond donors (Lipinski definition) is 2. The third-order valence-electron chi connectivity index (χ3n) is 2.33.